The molecule has 2 aromatic carbocycles. The Morgan fingerprint density at radius 2 is 1.83 bits per heavy atom. The molecule has 0 bridgehead atoms. The lowest BCUT2D eigenvalue weighted by Crippen LogP contribution is -2.13. The van der Waals surface area contributed by atoms with Crippen LogP contribution in [0.25, 0.3) is 17.3 Å². The molecule has 0 aliphatic carbocycles. The van der Waals surface area contributed by atoms with Gasteiger partial charge in [-0.1, -0.05) is 30.3 Å². The highest BCUT2D eigenvalue weighted by Gasteiger charge is 2.23. The summed E-state index contributed by atoms with van der Waals surface area (Å²) >= 11 is 0. The highest BCUT2D eigenvalue weighted by molar-refractivity contribution is 7.90. The van der Waals surface area contributed by atoms with Gasteiger partial charge in [0.05, 0.1) is 17.2 Å². The first-order chi connectivity index (χ1) is 14.4. The van der Waals surface area contributed by atoms with E-state index in [4.69, 9.17) is 4.74 Å². The Bertz CT molecular complexity index is 1260. The van der Waals surface area contributed by atoms with E-state index in [-0.39, 0.29) is 33.9 Å². The zero-order valence-corrected chi connectivity index (χ0v) is 16.8. The van der Waals surface area contributed by atoms with Crippen LogP contribution in [-0.4, -0.2) is 25.0 Å². The van der Waals surface area contributed by atoms with Gasteiger partial charge in [-0.3, -0.25) is 0 Å². The van der Waals surface area contributed by atoms with Gasteiger partial charge in [0, 0.05) is 11.8 Å². The normalized spacial score (nSPS) is 11.7. The predicted octanol–water partition coefficient (Wildman–Crippen LogP) is 4.00. The molecule has 0 radical (unpaired) electrons. The number of halogens is 1. The largest absolute Gasteiger partial charge is 0.462 e. The lowest BCUT2D eigenvalue weighted by molar-refractivity contribution is -0.137. The standard InChI is InChI=1S/C22H17FN2O4S/c1-2-29-22(26)17(14-24)12-16-13-21(19-10-6-7-11-20(19)23)25(15-16)30(27,28)18-8-4-3-5-9-18/h3-13,15H,2H2,1H3/b17-12+. The van der Waals surface area contributed by atoms with Gasteiger partial charge in [-0.2, -0.15) is 5.26 Å². The van der Waals surface area contributed by atoms with Crippen LogP contribution < -0.4 is 0 Å². The Hall–Kier alpha value is -3.70. The molecule has 1 heterocycles. The second-order valence-corrected chi connectivity index (χ2v) is 7.96. The number of aromatic nitrogens is 1. The third-order valence-corrected chi connectivity index (χ3v) is 5.87. The van der Waals surface area contributed by atoms with Crippen molar-refractivity contribution >= 4 is 22.1 Å². The highest BCUT2D eigenvalue weighted by Crippen LogP contribution is 2.30. The number of rotatable bonds is 6. The van der Waals surface area contributed by atoms with E-state index in [0.717, 1.165) is 3.97 Å². The van der Waals surface area contributed by atoms with Crippen LogP contribution in [0.2, 0.25) is 0 Å². The molecular weight excluding hydrogens is 407 g/mol. The van der Waals surface area contributed by atoms with Crippen molar-refractivity contribution in [2.75, 3.05) is 6.61 Å². The van der Waals surface area contributed by atoms with E-state index in [1.165, 1.54) is 48.7 Å². The molecule has 1 aromatic heterocycles. The van der Waals surface area contributed by atoms with Gasteiger partial charge in [-0.05, 0) is 48.9 Å². The Morgan fingerprint density at radius 3 is 2.47 bits per heavy atom. The van der Waals surface area contributed by atoms with Crippen LogP contribution in [-0.2, 0) is 19.6 Å². The average molecular weight is 424 g/mol. The smallest absolute Gasteiger partial charge is 0.348 e. The van der Waals surface area contributed by atoms with Crippen LogP contribution in [0.3, 0.4) is 0 Å². The van der Waals surface area contributed by atoms with Crippen LogP contribution in [0.4, 0.5) is 4.39 Å². The molecule has 0 aliphatic heterocycles. The fraction of sp³-hybridized carbons (Fsp3) is 0.0909. The molecule has 0 N–H and O–H groups in total. The maximum absolute atomic E-state index is 14.5. The number of carbonyl (C=O) groups excluding carboxylic acids is 1. The van der Waals surface area contributed by atoms with Crippen molar-refractivity contribution in [3.63, 3.8) is 0 Å². The summed E-state index contributed by atoms with van der Waals surface area (Å²) in [4.78, 5) is 11.9. The molecule has 30 heavy (non-hydrogen) atoms. The zero-order chi connectivity index (χ0) is 21.7. The number of hydrogen-bond donors (Lipinski definition) is 0. The van der Waals surface area contributed by atoms with Crippen molar-refractivity contribution in [3.8, 4) is 17.3 Å². The summed E-state index contributed by atoms with van der Waals surface area (Å²) in [6.45, 7) is 1.69. The van der Waals surface area contributed by atoms with Crippen LogP contribution in [0.15, 0.2) is 77.3 Å². The van der Waals surface area contributed by atoms with Crippen LogP contribution in [0.1, 0.15) is 12.5 Å². The van der Waals surface area contributed by atoms with Crippen molar-refractivity contribution in [1.29, 1.82) is 5.26 Å². The van der Waals surface area contributed by atoms with E-state index < -0.39 is 21.8 Å². The molecule has 0 aliphatic rings. The van der Waals surface area contributed by atoms with Gasteiger partial charge < -0.3 is 4.74 Å². The van der Waals surface area contributed by atoms with Gasteiger partial charge in [0.15, 0.2) is 0 Å². The summed E-state index contributed by atoms with van der Waals surface area (Å²) in [6.07, 6.45) is 2.44. The number of nitriles is 1. The van der Waals surface area contributed by atoms with Crippen molar-refractivity contribution in [3.05, 3.63) is 83.8 Å². The maximum Gasteiger partial charge on any atom is 0.348 e. The quantitative estimate of drug-likeness (QED) is 0.339. The maximum atomic E-state index is 14.5. The first-order valence-corrected chi connectivity index (χ1v) is 10.4. The molecule has 8 heteroatoms. The molecule has 3 rings (SSSR count). The van der Waals surface area contributed by atoms with E-state index in [2.05, 4.69) is 0 Å². The van der Waals surface area contributed by atoms with E-state index in [9.17, 15) is 22.9 Å². The Balaban J connectivity index is 2.23. The summed E-state index contributed by atoms with van der Waals surface area (Å²) in [5.41, 5.74) is 0.0548. The zero-order valence-electron chi connectivity index (χ0n) is 15.9. The van der Waals surface area contributed by atoms with Gasteiger partial charge in [0.1, 0.15) is 17.5 Å². The minimum Gasteiger partial charge on any atom is -0.462 e. The van der Waals surface area contributed by atoms with Gasteiger partial charge in [0.25, 0.3) is 10.0 Å². The Labute approximate surface area is 173 Å². The van der Waals surface area contributed by atoms with Crippen molar-refractivity contribution < 1.29 is 22.3 Å². The lowest BCUT2D eigenvalue weighted by Gasteiger charge is -2.11. The molecule has 0 unspecified atom stereocenters. The number of esters is 1. The average Bonchev–Trinajstić information content (AvgIpc) is 3.17. The van der Waals surface area contributed by atoms with Crippen LogP contribution in [0.5, 0.6) is 0 Å². The highest BCUT2D eigenvalue weighted by atomic mass is 32.2. The van der Waals surface area contributed by atoms with Crippen molar-refractivity contribution in [2.45, 2.75) is 11.8 Å². The molecular formula is C22H17FN2O4S. The van der Waals surface area contributed by atoms with Crippen molar-refractivity contribution in [1.82, 2.24) is 3.97 Å². The summed E-state index contributed by atoms with van der Waals surface area (Å²) in [6, 6.07) is 16.6. The first-order valence-electron chi connectivity index (χ1n) is 8.95. The SMILES string of the molecule is CCOC(=O)/C(C#N)=C/c1cc(-c2ccccc2F)n(S(=O)(=O)c2ccccc2)c1. The second-order valence-electron chi connectivity index (χ2n) is 6.14. The summed E-state index contributed by atoms with van der Waals surface area (Å²) in [5.74, 6) is -1.44. The number of benzene rings is 2. The summed E-state index contributed by atoms with van der Waals surface area (Å²) < 4.78 is 46.6. The number of nitrogens with zero attached hydrogens (tertiary/aromatic N) is 2. The third kappa shape index (κ3) is 4.16. The van der Waals surface area contributed by atoms with Gasteiger partial charge in [-0.15, -0.1) is 0 Å². The number of ether oxygens (including phenoxy) is 1. The van der Waals surface area contributed by atoms with Gasteiger partial charge in [0.2, 0.25) is 0 Å². The molecule has 0 saturated carbocycles. The van der Waals surface area contributed by atoms with Crippen LogP contribution >= 0.6 is 0 Å². The fourth-order valence-corrected chi connectivity index (χ4v) is 4.22. The first kappa shape index (κ1) is 21.0. The molecule has 0 atom stereocenters. The monoisotopic (exact) mass is 424 g/mol. The predicted molar refractivity (Wildman–Crippen MR) is 109 cm³/mol. The van der Waals surface area contributed by atoms with E-state index in [1.807, 2.05) is 0 Å². The number of carbonyl (C=O) groups is 1. The van der Waals surface area contributed by atoms with Crippen LogP contribution in [0, 0.1) is 17.1 Å². The van der Waals surface area contributed by atoms with Crippen molar-refractivity contribution in [2.24, 2.45) is 0 Å². The molecule has 6 nitrogen and oxygen atoms in total. The second kappa shape index (κ2) is 8.76. The third-order valence-electron chi connectivity index (χ3n) is 4.18. The topological polar surface area (TPSA) is 89.2 Å². The Morgan fingerprint density at radius 1 is 1.17 bits per heavy atom. The minimum absolute atomic E-state index is 0.0135. The molecule has 0 spiro atoms. The molecule has 3 aromatic rings. The number of hydrogen-bond acceptors (Lipinski definition) is 5. The van der Waals surface area contributed by atoms with E-state index in [1.54, 1.807) is 37.3 Å². The van der Waals surface area contributed by atoms with E-state index in [0.29, 0.717) is 0 Å². The van der Waals surface area contributed by atoms with Gasteiger partial charge >= 0.3 is 5.97 Å². The van der Waals surface area contributed by atoms with E-state index >= 15 is 0 Å². The lowest BCUT2D eigenvalue weighted by atomic mass is 10.1. The molecule has 0 saturated heterocycles. The fourth-order valence-electron chi connectivity index (χ4n) is 2.83. The summed E-state index contributed by atoms with van der Waals surface area (Å²) in [5, 5.41) is 9.26. The molecule has 0 fully saturated rings. The molecule has 0 amide bonds. The summed E-state index contributed by atoms with van der Waals surface area (Å²) in [7, 11) is -4.07. The minimum atomic E-state index is -4.07. The Kier molecular flexibility index (Phi) is 6.14. The molecule has 152 valence electrons. The van der Waals surface area contributed by atoms with Gasteiger partial charge in [-0.25, -0.2) is 21.6 Å².